The van der Waals surface area contributed by atoms with Crippen molar-refractivity contribution < 1.29 is 13.2 Å². The molecule has 1 aliphatic heterocycles. The first-order chi connectivity index (χ1) is 11.9. The van der Waals surface area contributed by atoms with Gasteiger partial charge >= 0.3 is 0 Å². The molecule has 2 aliphatic rings. The van der Waals surface area contributed by atoms with Crippen LogP contribution in [-0.4, -0.2) is 74.2 Å². The van der Waals surface area contributed by atoms with Gasteiger partial charge < -0.3 is 4.90 Å². The lowest BCUT2D eigenvalue weighted by atomic mass is 9.91. The van der Waals surface area contributed by atoms with E-state index in [1.54, 1.807) is 34.5 Å². The van der Waals surface area contributed by atoms with Crippen molar-refractivity contribution in [1.29, 1.82) is 0 Å². The highest BCUT2D eigenvalue weighted by atomic mass is 32.2. The summed E-state index contributed by atoms with van der Waals surface area (Å²) in [4.78, 5) is 16.5. The molecule has 0 atom stereocenters. The minimum atomic E-state index is -3.55. The number of carbonyl (C=O) groups is 1. The molecule has 1 aromatic rings. The van der Waals surface area contributed by atoms with Crippen molar-refractivity contribution in [2.45, 2.75) is 37.1 Å². The van der Waals surface area contributed by atoms with Crippen molar-refractivity contribution in [2.24, 2.45) is 0 Å². The maximum Gasteiger partial charge on any atom is 0.253 e. The lowest BCUT2D eigenvalue weighted by Gasteiger charge is -2.42. The first-order valence-electron chi connectivity index (χ1n) is 9.03. The van der Waals surface area contributed by atoms with Gasteiger partial charge in [0.2, 0.25) is 10.0 Å². The lowest BCUT2D eigenvalue weighted by molar-refractivity contribution is 0.0802. The first-order valence-corrected chi connectivity index (χ1v) is 10.5. The molecule has 0 spiro atoms. The second-order valence-electron chi connectivity index (χ2n) is 6.87. The van der Waals surface area contributed by atoms with Crippen LogP contribution in [0.25, 0.3) is 0 Å². The number of carbonyl (C=O) groups excluding carboxylic acids is 1. The molecule has 6 nitrogen and oxygen atoms in total. The predicted octanol–water partition coefficient (Wildman–Crippen LogP) is 1.64. The van der Waals surface area contributed by atoms with E-state index in [4.69, 9.17) is 0 Å². The van der Waals surface area contributed by atoms with Gasteiger partial charge in [0, 0.05) is 51.4 Å². The molecule has 1 aliphatic carbocycles. The van der Waals surface area contributed by atoms with Gasteiger partial charge in [-0.05, 0) is 38.0 Å². The molecule has 1 heterocycles. The van der Waals surface area contributed by atoms with Crippen molar-refractivity contribution >= 4 is 15.9 Å². The quantitative estimate of drug-likeness (QED) is 0.796. The molecule has 138 valence electrons. The molecule has 1 amide bonds. The lowest BCUT2D eigenvalue weighted by Crippen LogP contribution is -2.53. The summed E-state index contributed by atoms with van der Waals surface area (Å²) in [5.74, 6) is -0.158. The molecule has 0 radical (unpaired) electrons. The number of amides is 1. The Kier molecular flexibility index (Phi) is 5.46. The Morgan fingerprint density at radius 2 is 1.88 bits per heavy atom. The van der Waals surface area contributed by atoms with Gasteiger partial charge in [-0.3, -0.25) is 9.69 Å². The Hall–Kier alpha value is -1.44. The zero-order valence-electron chi connectivity index (χ0n) is 15.0. The van der Waals surface area contributed by atoms with Crippen LogP contribution in [0.1, 0.15) is 36.5 Å². The number of rotatable bonds is 5. The second-order valence-corrected chi connectivity index (χ2v) is 8.81. The van der Waals surface area contributed by atoms with Crippen molar-refractivity contribution in [1.82, 2.24) is 14.1 Å². The van der Waals surface area contributed by atoms with Crippen molar-refractivity contribution in [3.63, 3.8) is 0 Å². The summed E-state index contributed by atoms with van der Waals surface area (Å²) in [7, 11) is -1.84. The maximum atomic E-state index is 12.9. The Labute approximate surface area is 150 Å². The van der Waals surface area contributed by atoms with Crippen molar-refractivity contribution in [3.8, 4) is 0 Å². The molecule has 25 heavy (non-hydrogen) atoms. The number of piperazine rings is 1. The van der Waals surface area contributed by atoms with Gasteiger partial charge in [-0.2, -0.15) is 4.31 Å². The fourth-order valence-corrected chi connectivity index (χ4v) is 4.83. The van der Waals surface area contributed by atoms with Gasteiger partial charge in [0.1, 0.15) is 0 Å². The van der Waals surface area contributed by atoms with Crippen LogP contribution in [0, 0.1) is 0 Å². The normalized spacial score (nSPS) is 20.2. The van der Waals surface area contributed by atoms with Crippen LogP contribution >= 0.6 is 0 Å². The highest BCUT2D eigenvalue weighted by molar-refractivity contribution is 7.89. The van der Waals surface area contributed by atoms with E-state index in [1.165, 1.54) is 25.3 Å². The molecule has 1 saturated carbocycles. The van der Waals surface area contributed by atoms with Crippen LogP contribution in [0.4, 0.5) is 0 Å². The molecule has 0 unspecified atom stereocenters. The second kappa shape index (κ2) is 7.43. The highest BCUT2D eigenvalue weighted by Crippen LogP contribution is 2.27. The molecular formula is C18H27N3O3S. The third-order valence-corrected chi connectivity index (χ3v) is 7.30. The summed E-state index contributed by atoms with van der Waals surface area (Å²) in [5, 5.41) is 0. The van der Waals surface area contributed by atoms with Crippen LogP contribution < -0.4 is 0 Å². The number of benzene rings is 1. The Bertz CT molecular complexity index is 723. The third-order valence-electron chi connectivity index (χ3n) is 5.40. The molecule has 0 aromatic heterocycles. The molecule has 1 saturated heterocycles. The number of hydrogen-bond acceptors (Lipinski definition) is 4. The van der Waals surface area contributed by atoms with Crippen LogP contribution in [-0.2, 0) is 10.0 Å². The maximum absolute atomic E-state index is 12.9. The summed E-state index contributed by atoms with van der Waals surface area (Å²) in [6.07, 6.45) is 3.76. The van der Waals surface area contributed by atoms with Crippen LogP contribution in [0.15, 0.2) is 29.2 Å². The van der Waals surface area contributed by atoms with E-state index in [0.29, 0.717) is 31.2 Å². The van der Waals surface area contributed by atoms with E-state index in [1.807, 2.05) is 6.92 Å². The molecule has 2 fully saturated rings. The van der Waals surface area contributed by atoms with E-state index in [9.17, 15) is 13.2 Å². The Morgan fingerprint density at radius 3 is 2.44 bits per heavy atom. The standard InChI is InChI=1S/C18H27N3O3S/c1-3-19(2)18(22)15-6-4-9-17(14-15)25(23,24)21-12-10-20(11-13-21)16-7-5-8-16/h4,6,9,14,16H,3,5,7-8,10-13H2,1-2H3. The zero-order valence-corrected chi connectivity index (χ0v) is 15.8. The average Bonchev–Trinajstić information content (AvgIpc) is 2.59. The molecule has 0 N–H and O–H groups in total. The minimum Gasteiger partial charge on any atom is -0.342 e. The van der Waals surface area contributed by atoms with Crippen LogP contribution in [0.3, 0.4) is 0 Å². The number of nitrogens with zero attached hydrogens (tertiary/aromatic N) is 3. The smallest absolute Gasteiger partial charge is 0.253 e. The van der Waals surface area contributed by atoms with Gasteiger partial charge in [-0.25, -0.2) is 8.42 Å². The zero-order chi connectivity index (χ0) is 18.0. The van der Waals surface area contributed by atoms with E-state index >= 15 is 0 Å². The monoisotopic (exact) mass is 365 g/mol. The van der Waals surface area contributed by atoms with Gasteiger partial charge in [0.25, 0.3) is 5.91 Å². The summed E-state index contributed by atoms with van der Waals surface area (Å²) >= 11 is 0. The van der Waals surface area contributed by atoms with E-state index < -0.39 is 10.0 Å². The van der Waals surface area contributed by atoms with Crippen LogP contribution in [0.2, 0.25) is 0 Å². The summed E-state index contributed by atoms with van der Waals surface area (Å²) in [6.45, 7) is 5.10. The fourth-order valence-electron chi connectivity index (χ4n) is 3.36. The SMILES string of the molecule is CCN(C)C(=O)c1cccc(S(=O)(=O)N2CCN(C3CCC3)CC2)c1. The largest absolute Gasteiger partial charge is 0.342 e. The Balaban J connectivity index is 1.73. The molecule has 0 bridgehead atoms. The first kappa shape index (κ1) is 18.4. The summed E-state index contributed by atoms with van der Waals surface area (Å²) in [5.41, 5.74) is 0.415. The molecule has 3 rings (SSSR count). The molecular weight excluding hydrogens is 338 g/mol. The van der Waals surface area contributed by atoms with Crippen molar-refractivity contribution in [2.75, 3.05) is 39.8 Å². The average molecular weight is 365 g/mol. The Morgan fingerprint density at radius 1 is 1.20 bits per heavy atom. The third kappa shape index (κ3) is 3.73. The van der Waals surface area contributed by atoms with E-state index in [-0.39, 0.29) is 10.8 Å². The molecule has 7 heteroatoms. The fraction of sp³-hybridized carbons (Fsp3) is 0.611. The number of sulfonamides is 1. The molecule has 1 aromatic carbocycles. The number of hydrogen-bond donors (Lipinski definition) is 0. The topological polar surface area (TPSA) is 60.9 Å². The summed E-state index contributed by atoms with van der Waals surface area (Å²) in [6, 6.07) is 7.05. The van der Waals surface area contributed by atoms with Gasteiger partial charge in [-0.15, -0.1) is 0 Å². The highest BCUT2D eigenvalue weighted by Gasteiger charge is 2.33. The predicted molar refractivity (Wildman–Crippen MR) is 97.0 cm³/mol. The summed E-state index contributed by atoms with van der Waals surface area (Å²) < 4.78 is 27.4. The van der Waals surface area contributed by atoms with Gasteiger partial charge in [-0.1, -0.05) is 12.5 Å². The van der Waals surface area contributed by atoms with Crippen molar-refractivity contribution in [3.05, 3.63) is 29.8 Å². The van der Waals surface area contributed by atoms with E-state index in [2.05, 4.69) is 4.90 Å². The van der Waals surface area contributed by atoms with Gasteiger partial charge in [0.05, 0.1) is 4.90 Å². The minimum absolute atomic E-state index is 0.158. The van der Waals surface area contributed by atoms with Gasteiger partial charge in [0.15, 0.2) is 0 Å². The van der Waals surface area contributed by atoms with E-state index in [0.717, 1.165) is 13.1 Å². The van der Waals surface area contributed by atoms with Crippen LogP contribution in [0.5, 0.6) is 0 Å².